The highest BCUT2D eigenvalue weighted by molar-refractivity contribution is 5.94. The Morgan fingerprint density at radius 2 is 2.00 bits per heavy atom. The first kappa shape index (κ1) is 20.9. The number of aliphatic hydroxyl groups is 1. The molecule has 4 rings (SSSR count). The molecule has 2 aliphatic rings. The first-order chi connectivity index (χ1) is 14.3. The molecule has 1 saturated carbocycles. The van der Waals surface area contributed by atoms with E-state index in [9.17, 15) is 9.90 Å². The summed E-state index contributed by atoms with van der Waals surface area (Å²) in [5, 5.41) is 9.57. The zero-order chi connectivity index (χ0) is 21.4. The number of amides is 1. The van der Waals surface area contributed by atoms with Crippen molar-refractivity contribution in [3.63, 3.8) is 0 Å². The van der Waals surface area contributed by atoms with E-state index in [-0.39, 0.29) is 12.7 Å². The predicted octanol–water partition coefficient (Wildman–Crippen LogP) is 4.17. The van der Waals surface area contributed by atoms with Crippen molar-refractivity contribution < 1.29 is 20.8 Å². The lowest BCUT2D eigenvalue weighted by Gasteiger charge is -2.32. The van der Waals surface area contributed by atoms with Crippen LogP contribution in [0.4, 0.5) is 0 Å². The summed E-state index contributed by atoms with van der Waals surface area (Å²) in [6, 6.07) is 16.3. The molecule has 0 spiro atoms. The van der Waals surface area contributed by atoms with Crippen LogP contribution in [0.25, 0.3) is 0 Å². The van der Waals surface area contributed by atoms with Crippen molar-refractivity contribution in [3.8, 4) is 5.75 Å². The highest BCUT2D eigenvalue weighted by Gasteiger charge is 2.57. The third-order valence-electron chi connectivity index (χ3n) is 6.35. The lowest BCUT2D eigenvalue weighted by atomic mass is 9.87. The number of rotatable bonds is 7. The van der Waals surface area contributed by atoms with Gasteiger partial charge in [-0.05, 0) is 68.9 Å². The van der Waals surface area contributed by atoms with E-state index >= 15 is 0 Å². The molecule has 1 heterocycles. The monoisotopic (exact) mass is 411 g/mol. The normalized spacial score (nSPS) is 23.1. The van der Waals surface area contributed by atoms with E-state index in [0.29, 0.717) is 24.7 Å². The number of likely N-dealkylation sites (tertiary alicyclic amines) is 1. The Hall–Kier alpha value is -2.37. The molecule has 5 heteroatoms. The Morgan fingerprint density at radius 1 is 1.23 bits per heavy atom. The SMILES string of the molecule is Cc1cc(C(=O)N2CCC3(c4ccccc4)CC3C2)ccc1OCCOC(C)(C)O.[HH]. The number of ether oxygens (including phenoxy) is 2. The van der Waals surface area contributed by atoms with Gasteiger partial charge in [0.25, 0.3) is 5.91 Å². The molecular weight excluding hydrogens is 378 g/mol. The van der Waals surface area contributed by atoms with Gasteiger partial charge in [-0.25, -0.2) is 0 Å². The first-order valence-corrected chi connectivity index (χ1v) is 10.7. The number of hydrogen-bond acceptors (Lipinski definition) is 4. The molecule has 2 aromatic carbocycles. The van der Waals surface area contributed by atoms with Gasteiger partial charge in [0.05, 0.1) is 6.61 Å². The third-order valence-corrected chi connectivity index (χ3v) is 6.35. The van der Waals surface area contributed by atoms with Gasteiger partial charge in [0.15, 0.2) is 5.79 Å². The molecule has 5 nitrogen and oxygen atoms in total. The molecule has 2 unspecified atom stereocenters. The molecule has 0 bridgehead atoms. The Labute approximate surface area is 180 Å². The van der Waals surface area contributed by atoms with E-state index < -0.39 is 5.79 Å². The molecule has 2 aromatic rings. The van der Waals surface area contributed by atoms with Crippen LogP contribution in [0.3, 0.4) is 0 Å². The second kappa shape index (κ2) is 8.05. The van der Waals surface area contributed by atoms with Crippen molar-refractivity contribution in [1.82, 2.24) is 4.90 Å². The maximum atomic E-state index is 13.1. The van der Waals surface area contributed by atoms with Gasteiger partial charge in [-0.3, -0.25) is 4.79 Å². The van der Waals surface area contributed by atoms with Gasteiger partial charge in [0.2, 0.25) is 0 Å². The Morgan fingerprint density at radius 3 is 2.67 bits per heavy atom. The largest absolute Gasteiger partial charge is 0.491 e. The van der Waals surface area contributed by atoms with Crippen molar-refractivity contribution >= 4 is 5.91 Å². The Bertz CT molecular complexity index is 911. The van der Waals surface area contributed by atoms with Gasteiger partial charge in [0, 0.05) is 25.5 Å². The van der Waals surface area contributed by atoms with Gasteiger partial charge in [-0.1, -0.05) is 30.3 Å². The van der Waals surface area contributed by atoms with Crippen molar-refractivity contribution in [1.29, 1.82) is 0 Å². The van der Waals surface area contributed by atoms with Crippen LogP contribution in [0, 0.1) is 12.8 Å². The maximum absolute atomic E-state index is 13.1. The standard InChI is InChI=1S/C25H31NO4.H2/c1-18-15-19(9-10-22(18)29-13-14-30-24(2,3)28)23(27)26-12-11-25(16-21(25)17-26)20-7-5-4-6-8-20;/h4-10,15,21,28H,11-14,16-17H2,1-3H3;1H. The average Bonchev–Trinajstić information content (AvgIpc) is 3.46. The zero-order valence-corrected chi connectivity index (χ0v) is 18.1. The van der Waals surface area contributed by atoms with Crippen LogP contribution in [-0.2, 0) is 10.2 Å². The number of fused-ring (bicyclic) bond motifs is 1. The molecular formula is C25H33NO4. The topological polar surface area (TPSA) is 59.0 Å². The summed E-state index contributed by atoms with van der Waals surface area (Å²) in [5.41, 5.74) is 3.34. The molecule has 1 amide bonds. The van der Waals surface area contributed by atoms with Crippen LogP contribution in [0.5, 0.6) is 5.75 Å². The van der Waals surface area contributed by atoms with Gasteiger partial charge >= 0.3 is 0 Å². The molecule has 1 aliphatic carbocycles. The van der Waals surface area contributed by atoms with E-state index in [4.69, 9.17) is 9.47 Å². The number of piperidine rings is 1. The van der Waals surface area contributed by atoms with E-state index in [1.807, 2.05) is 30.0 Å². The van der Waals surface area contributed by atoms with Crippen LogP contribution < -0.4 is 4.74 Å². The van der Waals surface area contributed by atoms with Crippen molar-refractivity contribution in [2.24, 2.45) is 5.92 Å². The molecule has 1 N–H and O–H groups in total. The van der Waals surface area contributed by atoms with Crippen LogP contribution >= 0.6 is 0 Å². The van der Waals surface area contributed by atoms with Gasteiger partial charge in [-0.15, -0.1) is 0 Å². The van der Waals surface area contributed by atoms with Gasteiger partial charge in [-0.2, -0.15) is 0 Å². The number of nitrogens with zero attached hydrogens (tertiary/aromatic N) is 1. The number of aryl methyl sites for hydroxylation is 1. The number of benzene rings is 2. The maximum Gasteiger partial charge on any atom is 0.253 e. The highest BCUT2D eigenvalue weighted by Crippen LogP contribution is 2.59. The summed E-state index contributed by atoms with van der Waals surface area (Å²) in [6.07, 6.45) is 2.22. The fourth-order valence-corrected chi connectivity index (χ4v) is 4.64. The fraction of sp³-hybridized carbons (Fsp3) is 0.480. The first-order valence-electron chi connectivity index (χ1n) is 10.7. The molecule has 30 heavy (non-hydrogen) atoms. The lowest BCUT2D eigenvalue weighted by molar-refractivity contribution is -0.179. The average molecular weight is 412 g/mol. The number of carbonyl (C=O) groups excluding carboxylic acids is 1. The minimum atomic E-state index is -1.16. The van der Waals surface area contributed by atoms with E-state index in [0.717, 1.165) is 30.8 Å². The molecule has 1 aliphatic heterocycles. The second-order valence-electron chi connectivity index (χ2n) is 9.05. The van der Waals surface area contributed by atoms with Gasteiger partial charge < -0.3 is 19.5 Å². The quantitative estimate of drug-likeness (QED) is 0.549. The van der Waals surface area contributed by atoms with Crippen LogP contribution in [0.15, 0.2) is 48.5 Å². The molecule has 0 aromatic heterocycles. The van der Waals surface area contributed by atoms with E-state index in [1.54, 1.807) is 13.8 Å². The van der Waals surface area contributed by atoms with Gasteiger partial charge in [0.1, 0.15) is 12.4 Å². The van der Waals surface area contributed by atoms with Crippen LogP contribution in [0.2, 0.25) is 0 Å². The summed E-state index contributed by atoms with van der Waals surface area (Å²) >= 11 is 0. The Kier molecular flexibility index (Phi) is 5.60. The summed E-state index contributed by atoms with van der Waals surface area (Å²) in [5.74, 6) is 0.235. The summed E-state index contributed by atoms with van der Waals surface area (Å²) < 4.78 is 11.0. The van der Waals surface area contributed by atoms with Crippen molar-refractivity contribution in [2.75, 3.05) is 26.3 Å². The fourth-order valence-electron chi connectivity index (χ4n) is 4.64. The predicted molar refractivity (Wildman–Crippen MR) is 118 cm³/mol. The molecule has 2 fully saturated rings. The van der Waals surface area contributed by atoms with Crippen molar-refractivity contribution in [2.45, 2.75) is 44.8 Å². The van der Waals surface area contributed by atoms with Crippen LogP contribution in [-0.4, -0.2) is 48.0 Å². The van der Waals surface area contributed by atoms with Crippen molar-refractivity contribution in [3.05, 3.63) is 65.2 Å². The minimum Gasteiger partial charge on any atom is -0.491 e. The summed E-state index contributed by atoms with van der Waals surface area (Å²) in [6.45, 7) is 7.39. The number of hydrogen-bond donors (Lipinski definition) is 1. The van der Waals surface area contributed by atoms with Crippen LogP contribution in [0.1, 0.15) is 49.6 Å². The zero-order valence-electron chi connectivity index (χ0n) is 18.1. The molecule has 162 valence electrons. The lowest BCUT2D eigenvalue weighted by Crippen LogP contribution is -2.40. The molecule has 1 saturated heterocycles. The summed E-state index contributed by atoms with van der Waals surface area (Å²) in [7, 11) is 0. The highest BCUT2D eigenvalue weighted by atomic mass is 16.6. The molecule has 2 atom stereocenters. The second-order valence-corrected chi connectivity index (χ2v) is 9.05. The van der Waals surface area contributed by atoms with E-state index in [1.165, 1.54) is 12.0 Å². The Balaban J connectivity index is 0.00000272. The van der Waals surface area contributed by atoms with E-state index in [2.05, 4.69) is 30.3 Å². The summed E-state index contributed by atoms with van der Waals surface area (Å²) in [4.78, 5) is 15.1. The number of carbonyl (C=O) groups is 1. The smallest absolute Gasteiger partial charge is 0.253 e. The molecule has 0 radical (unpaired) electrons. The third kappa shape index (κ3) is 4.37. The minimum absolute atomic E-state index is 0.